The Morgan fingerprint density at radius 3 is 2.26 bits per heavy atom. The molecule has 6 nitrogen and oxygen atoms in total. The highest BCUT2D eigenvalue weighted by Crippen LogP contribution is 2.17. The molecule has 8 heteroatoms. The standard InChI is InChI=1S/C19H18F2N2O4/c1-11(22-18(25)12-5-3-2-4-6-12)9-16(24)23-17(19(26)27)13-7-8-14(20)15(21)10-13/h2-8,10-11,17H,9H2,1H3,(H,22,25)(H,23,24)(H,26,27)/t11-,17-/m0/s1. The fraction of sp³-hybridized carbons (Fsp3) is 0.211. The lowest BCUT2D eigenvalue weighted by atomic mass is 10.1. The van der Waals surface area contributed by atoms with Gasteiger partial charge in [-0.25, -0.2) is 13.6 Å². The molecule has 0 aliphatic rings. The SMILES string of the molecule is C[C@@H](CC(=O)N[C@H](C(=O)O)c1ccc(F)c(F)c1)NC(=O)c1ccccc1. The number of halogens is 2. The van der Waals surface area contributed by atoms with Crippen LogP contribution in [0.2, 0.25) is 0 Å². The van der Waals surface area contributed by atoms with E-state index >= 15 is 0 Å². The number of carboxylic acid groups (broad SMARTS) is 1. The predicted octanol–water partition coefficient (Wildman–Crippen LogP) is 2.42. The highest BCUT2D eigenvalue weighted by molar-refractivity contribution is 5.94. The van der Waals surface area contributed by atoms with Crippen molar-refractivity contribution in [3.63, 3.8) is 0 Å². The molecular formula is C19H18F2N2O4. The van der Waals surface area contributed by atoms with Gasteiger partial charge in [-0.15, -0.1) is 0 Å². The third kappa shape index (κ3) is 5.60. The number of aliphatic carboxylic acids is 1. The molecule has 0 saturated heterocycles. The molecule has 0 fully saturated rings. The van der Waals surface area contributed by atoms with E-state index in [1.807, 2.05) is 0 Å². The van der Waals surface area contributed by atoms with Crippen molar-refractivity contribution in [2.45, 2.75) is 25.4 Å². The molecule has 0 aliphatic heterocycles. The summed E-state index contributed by atoms with van der Waals surface area (Å²) >= 11 is 0. The van der Waals surface area contributed by atoms with E-state index in [2.05, 4.69) is 10.6 Å². The van der Waals surface area contributed by atoms with E-state index in [1.165, 1.54) is 0 Å². The normalized spacial score (nSPS) is 12.7. The van der Waals surface area contributed by atoms with Gasteiger partial charge in [-0.1, -0.05) is 24.3 Å². The number of amides is 2. The van der Waals surface area contributed by atoms with Crippen LogP contribution in [0.4, 0.5) is 8.78 Å². The summed E-state index contributed by atoms with van der Waals surface area (Å²) < 4.78 is 26.3. The highest BCUT2D eigenvalue weighted by atomic mass is 19.2. The van der Waals surface area contributed by atoms with Gasteiger partial charge in [-0.2, -0.15) is 0 Å². The molecule has 2 atom stereocenters. The van der Waals surface area contributed by atoms with Crippen LogP contribution >= 0.6 is 0 Å². The van der Waals surface area contributed by atoms with Crippen LogP contribution in [0, 0.1) is 11.6 Å². The predicted molar refractivity (Wildman–Crippen MR) is 92.9 cm³/mol. The zero-order chi connectivity index (χ0) is 20.0. The number of rotatable bonds is 7. The van der Waals surface area contributed by atoms with Gasteiger partial charge in [0.25, 0.3) is 5.91 Å². The number of carbonyl (C=O) groups excluding carboxylic acids is 2. The minimum atomic E-state index is -1.54. The van der Waals surface area contributed by atoms with Gasteiger partial charge in [0.2, 0.25) is 5.91 Å². The van der Waals surface area contributed by atoms with Crippen LogP contribution in [0.1, 0.15) is 35.3 Å². The van der Waals surface area contributed by atoms with Gasteiger partial charge in [0.15, 0.2) is 17.7 Å². The first-order valence-corrected chi connectivity index (χ1v) is 8.11. The van der Waals surface area contributed by atoms with Crippen LogP contribution in [-0.4, -0.2) is 28.9 Å². The van der Waals surface area contributed by atoms with Gasteiger partial charge >= 0.3 is 5.97 Å². The van der Waals surface area contributed by atoms with E-state index in [1.54, 1.807) is 37.3 Å². The van der Waals surface area contributed by atoms with Crippen molar-refractivity contribution >= 4 is 17.8 Å². The largest absolute Gasteiger partial charge is 0.479 e. The van der Waals surface area contributed by atoms with Gasteiger partial charge in [0.1, 0.15) is 0 Å². The minimum absolute atomic E-state index is 0.101. The molecule has 2 aromatic rings. The van der Waals surface area contributed by atoms with Crippen LogP contribution < -0.4 is 10.6 Å². The summed E-state index contributed by atoms with van der Waals surface area (Å²) in [6.07, 6.45) is -0.188. The summed E-state index contributed by atoms with van der Waals surface area (Å²) in [6.45, 7) is 1.59. The fourth-order valence-electron chi connectivity index (χ4n) is 2.43. The molecule has 0 saturated carbocycles. The number of hydrogen-bond acceptors (Lipinski definition) is 3. The summed E-state index contributed by atoms with van der Waals surface area (Å²) in [6, 6.07) is 8.87. The monoisotopic (exact) mass is 376 g/mol. The maximum absolute atomic E-state index is 13.3. The third-order valence-electron chi connectivity index (χ3n) is 3.73. The summed E-state index contributed by atoms with van der Waals surface area (Å²) in [5.41, 5.74) is 0.325. The summed E-state index contributed by atoms with van der Waals surface area (Å²) in [7, 11) is 0. The first-order chi connectivity index (χ1) is 12.8. The topological polar surface area (TPSA) is 95.5 Å². The Labute approximate surface area is 154 Å². The van der Waals surface area contributed by atoms with E-state index in [-0.39, 0.29) is 17.9 Å². The van der Waals surface area contributed by atoms with Gasteiger partial charge in [0, 0.05) is 18.0 Å². The highest BCUT2D eigenvalue weighted by Gasteiger charge is 2.24. The minimum Gasteiger partial charge on any atom is -0.479 e. The van der Waals surface area contributed by atoms with Crippen LogP contribution in [0.3, 0.4) is 0 Å². The maximum Gasteiger partial charge on any atom is 0.330 e. The summed E-state index contributed by atoms with van der Waals surface area (Å²) in [4.78, 5) is 35.5. The quantitative estimate of drug-likeness (QED) is 0.692. The Bertz CT molecular complexity index is 843. The van der Waals surface area contributed by atoms with Gasteiger partial charge in [-0.05, 0) is 36.8 Å². The molecule has 2 aromatic carbocycles. The molecule has 27 heavy (non-hydrogen) atoms. The van der Waals surface area contributed by atoms with Crippen molar-refractivity contribution in [2.24, 2.45) is 0 Å². The molecule has 0 aliphatic carbocycles. The van der Waals surface area contributed by atoms with E-state index in [0.717, 1.165) is 18.2 Å². The molecule has 2 amide bonds. The second kappa shape index (κ2) is 8.88. The number of nitrogens with one attached hydrogen (secondary N) is 2. The van der Waals surface area contributed by atoms with Crippen LogP contribution in [-0.2, 0) is 9.59 Å². The molecule has 3 N–H and O–H groups in total. The number of carbonyl (C=O) groups is 3. The van der Waals surface area contributed by atoms with Crippen LogP contribution in [0.5, 0.6) is 0 Å². The van der Waals surface area contributed by atoms with E-state index < -0.39 is 35.6 Å². The van der Waals surface area contributed by atoms with Crippen molar-refractivity contribution in [3.8, 4) is 0 Å². The Morgan fingerprint density at radius 2 is 1.67 bits per heavy atom. The number of carboxylic acids is 1. The first-order valence-electron chi connectivity index (χ1n) is 8.11. The zero-order valence-corrected chi connectivity index (χ0v) is 14.4. The van der Waals surface area contributed by atoms with Crippen molar-refractivity contribution in [2.75, 3.05) is 0 Å². The van der Waals surface area contributed by atoms with E-state index in [4.69, 9.17) is 0 Å². The lowest BCUT2D eigenvalue weighted by molar-refractivity contribution is -0.142. The van der Waals surface area contributed by atoms with Crippen LogP contribution in [0.25, 0.3) is 0 Å². The average Bonchev–Trinajstić information content (AvgIpc) is 2.62. The van der Waals surface area contributed by atoms with Gasteiger partial charge in [-0.3, -0.25) is 9.59 Å². The van der Waals surface area contributed by atoms with E-state index in [0.29, 0.717) is 5.56 Å². The lowest BCUT2D eigenvalue weighted by Gasteiger charge is -2.18. The maximum atomic E-state index is 13.3. The molecule has 0 radical (unpaired) electrons. The number of benzene rings is 2. The lowest BCUT2D eigenvalue weighted by Crippen LogP contribution is -2.40. The molecule has 0 spiro atoms. The first kappa shape index (κ1) is 20.0. The average molecular weight is 376 g/mol. The fourth-order valence-corrected chi connectivity index (χ4v) is 2.43. The molecular weight excluding hydrogens is 358 g/mol. The van der Waals surface area contributed by atoms with Crippen molar-refractivity contribution < 1.29 is 28.3 Å². The van der Waals surface area contributed by atoms with Crippen LogP contribution in [0.15, 0.2) is 48.5 Å². The summed E-state index contributed by atoms with van der Waals surface area (Å²) in [5.74, 6) is -4.78. The Hall–Kier alpha value is -3.29. The number of hydrogen-bond donors (Lipinski definition) is 3. The molecule has 0 heterocycles. The molecule has 2 rings (SSSR count). The molecule has 0 bridgehead atoms. The van der Waals surface area contributed by atoms with Crippen molar-refractivity contribution in [1.29, 1.82) is 0 Å². The van der Waals surface area contributed by atoms with E-state index in [9.17, 15) is 28.3 Å². The Kier molecular flexibility index (Phi) is 6.59. The van der Waals surface area contributed by atoms with Gasteiger partial charge < -0.3 is 15.7 Å². The second-order valence-electron chi connectivity index (χ2n) is 5.96. The smallest absolute Gasteiger partial charge is 0.330 e. The summed E-state index contributed by atoms with van der Waals surface area (Å²) in [5, 5.41) is 14.1. The second-order valence-corrected chi connectivity index (χ2v) is 5.96. The Morgan fingerprint density at radius 1 is 1.00 bits per heavy atom. The van der Waals surface area contributed by atoms with Crippen molar-refractivity contribution in [3.05, 3.63) is 71.3 Å². The third-order valence-corrected chi connectivity index (χ3v) is 3.73. The van der Waals surface area contributed by atoms with Gasteiger partial charge in [0.05, 0.1) is 0 Å². The zero-order valence-electron chi connectivity index (χ0n) is 14.4. The molecule has 142 valence electrons. The molecule has 0 unspecified atom stereocenters. The van der Waals surface area contributed by atoms with Crippen molar-refractivity contribution in [1.82, 2.24) is 10.6 Å². The molecule has 0 aromatic heterocycles. The Balaban J connectivity index is 1.98.